The Hall–Kier alpha value is -2.48. The van der Waals surface area contributed by atoms with Crippen LogP contribution in [-0.4, -0.2) is 32.2 Å². The summed E-state index contributed by atoms with van der Waals surface area (Å²) in [6.45, 7) is 2.09. The van der Waals surface area contributed by atoms with Gasteiger partial charge in [0.15, 0.2) is 16.6 Å². The monoisotopic (exact) mass is 480 g/mol. The zero-order valence-corrected chi connectivity index (χ0v) is 19.9. The standard InChI is InChI=1S/C22H22Cl2N2O4S/c1-5-6-18-19(12-7-8-14(23)15(24)9-12)25-22(31-18)26-21(27)13-10-16(28-2)20(30-4)17(11-13)29-3/h7-11H,5-6H2,1-4H3,(H,25,26,27). The maximum atomic E-state index is 12.9. The van der Waals surface area contributed by atoms with E-state index in [0.717, 1.165) is 29.0 Å². The van der Waals surface area contributed by atoms with Gasteiger partial charge >= 0.3 is 0 Å². The number of aryl methyl sites for hydroxylation is 1. The predicted molar refractivity (Wildman–Crippen MR) is 126 cm³/mol. The number of nitrogens with zero attached hydrogens (tertiary/aromatic N) is 1. The second-order valence-electron chi connectivity index (χ2n) is 6.54. The summed E-state index contributed by atoms with van der Waals surface area (Å²) in [4.78, 5) is 18.6. The van der Waals surface area contributed by atoms with Gasteiger partial charge in [-0.05, 0) is 30.7 Å². The molecule has 9 heteroatoms. The SMILES string of the molecule is CCCc1sc(NC(=O)c2cc(OC)c(OC)c(OC)c2)nc1-c1ccc(Cl)c(Cl)c1. The van der Waals surface area contributed by atoms with Crippen LogP contribution in [0.4, 0.5) is 5.13 Å². The zero-order valence-electron chi connectivity index (χ0n) is 17.5. The van der Waals surface area contributed by atoms with Crippen molar-refractivity contribution >= 4 is 45.6 Å². The molecule has 0 fully saturated rings. The number of ether oxygens (including phenoxy) is 3. The zero-order chi connectivity index (χ0) is 22.5. The van der Waals surface area contributed by atoms with Gasteiger partial charge in [0, 0.05) is 16.0 Å². The Morgan fingerprint density at radius 3 is 2.26 bits per heavy atom. The van der Waals surface area contributed by atoms with Crippen LogP contribution in [0.15, 0.2) is 30.3 Å². The molecule has 0 unspecified atom stereocenters. The predicted octanol–water partition coefficient (Wildman–Crippen LogP) is 6.35. The van der Waals surface area contributed by atoms with Gasteiger partial charge in [0.05, 0.1) is 37.1 Å². The molecule has 0 bridgehead atoms. The number of benzene rings is 2. The molecular weight excluding hydrogens is 459 g/mol. The van der Waals surface area contributed by atoms with Gasteiger partial charge < -0.3 is 14.2 Å². The Kier molecular flexibility index (Phi) is 7.64. The molecule has 2 aromatic carbocycles. The van der Waals surface area contributed by atoms with Crippen molar-refractivity contribution in [3.63, 3.8) is 0 Å². The van der Waals surface area contributed by atoms with Crippen LogP contribution in [0.3, 0.4) is 0 Å². The summed E-state index contributed by atoms with van der Waals surface area (Å²) in [5.74, 6) is 0.878. The van der Waals surface area contributed by atoms with Gasteiger partial charge in [-0.1, -0.05) is 42.6 Å². The lowest BCUT2D eigenvalue weighted by Crippen LogP contribution is -2.12. The number of halogens is 2. The fourth-order valence-electron chi connectivity index (χ4n) is 3.05. The van der Waals surface area contributed by atoms with Gasteiger partial charge in [0.2, 0.25) is 5.75 Å². The van der Waals surface area contributed by atoms with Crippen LogP contribution in [0.2, 0.25) is 10.0 Å². The fourth-order valence-corrected chi connectivity index (χ4v) is 4.43. The molecule has 1 heterocycles. The van der Waals surface area contributed by atoms with E-state index in [1.165, 1.54) is 32.7 Å². The van der Waals surface area contributed by atoms with Crippen molar-refractivity contribution in [2.75, 3.05) is 26.6 Å². The second kappa shape index (κ2) is 10.2. The summed E-state index contributed by atoms with van der Waals surface area (Å²) in [7, 11) is 4.51. The van der Waals surface area contributed by atoms with Gasteiger partial charge in [0.1, 0.15) is 0 Å². The molecule has 1 amide bonds. The summed E-state index contributed by atoms with van der Waals surface area (Å²) < 4.78 is 16.0. The quantitative estimate of drug-likeness (QED) is 0.406. The highest BCUT2D eigenvalue weighted by Gasteiger charge is 2.20. The van der Waals surface area contributed by atoms with E-state index >= 15 is 0 Å². The van der Waals surface area contributed by atoms with Crippen molar-refractivity contribution < 1.29 is 19.0 Å². The molecule has 1 aromatic heterocycles. The lowest BCUT2D eigenvalue weighted by Gasteiger charge is -2.13. The summed E-state index contributed by atoms with van der Waals surface area (Å²) in [6.07, 6.45) is 1.77. The average Bonchev–Trinajstić information content (AvgIpc) is 3.16. The number of nitrogens with one attached hydrogen (secondary N) is 1. The Bertz CT molecular complexity index is 1080. The lowest BCUT2D eigenvalue weighted by molar-refractivity contribution is 0.102. The highest BCUT2D eigenvalue weighted by Crippen LogP contribution is 2.39. The number of amides is 1. The molecule has 0 atom stereocenters. The molecule has 31 heavy (non-hydrogen) atoms. The summed E-state index contributed by atoms with van der Waals surface area (Å²) in [5.41, 5.74) is 1.99. The first kappa shape index (κ1) is 23.2. The average molecular weight is 481 g/mol. The van der Waals surface area contributed by atoms with Gasteiger partial charge in [-0.25, -0.2) is 4.98 Å². The van der Waals surface area contributed by atoms with Crippen LogP contribution in [0.25, 0.3) is 11.3 Å². The van der Waals surface area contributed by atoms with Crippen molar-refractivity contribution in [3.8, 4) is 28.5 Å². The molecule has 0 saturated heterocycles. The number of anilines is 1. The normalized spacial score (nSPS) is 10.6. The van der Waals surface area contributed by atoms with Crippen LogP contribution in [0.1, 0.15) is 28.6 Å². The number of methoxy groups -OCH3 is 3. The highest BCUT2D eigenvalue weighted by atomic mass is 35.5. The van der Waals surface area contributed by atoms with Crippen LogP contribution >= 0.6 is 34.5 Å². The topological polar surface area (TPSA) is 69.7 Å². The van der Waals surface area contributed by atoms with E-state index in [0.29, 0.717) is 38.0 Å². The molecule has 0 aliphatic carbocycles. The van der Waals surface area contributed by atoms with Gasteiger partial charge in [0.25, 0.3) is 5.91 Å². The van der Waals surface area contributed by atoms with E-state index in [2.05, 4.69) is 17.2 Å². The van der Waals surface area contributed by atoms with Crippen LogP contribution in [0, 0.1) is 0 Å². The van der Waals surface area contributed by atoms with Crippen molar-refractivity contribution in [1.82, 2.24) is 4.98 Å². The number of hydrogen-bond donors (Lipinski definition) is 1. The molecular formula is C22H22Cl2N2O4S. The van der Waals surface area contributed by atoms with Crippen molar-refractivity contribution in [3.05, 3.63) is 50.8 Å². The summed E-state index contributed by atoms with van der Waals surface area (Å²) >= 11 is 13.7. The van der Waals surface area contributed by atoms with Crippen molar-refractivity contribution in [2.24, 2.45) is 0 Å². The largest absolute Gasteiger partial charge is 0.493 e. The minimum absolute atomic E-state index is 0.336. The van der Waals surface area contributed by atoms with Crippen LogP contribution < -0.4 is 19.5 Å². The Labute approximate surface area is 195 Å². The maximum absolute atomic E-state index is 12.9. The van der Waals surface area contributed by atoms with E-state index in [-0.39, 0.29) is 5.91 Å². The molecule has 3 rings (SSSR count). The van der Waals surface area contributed by atoms with E-state index in [9.17, 15) is 4.79 Å². The number of rotatable bonds is 8. The molecule has 0 radical (unpaired) electrons. The molecule has 3 aromatic rings. The first-order chi connectivity index (χ1) is 14.9. The molecule has 0 saturated carbocycles. The van der Waals surface area contributed by atoms with E-state index in [4.69, 9.17) is 37.4 Å². The van der Waals surface area contributed by atoms with Gasteiger partial charge in [-0.3, -0.25) is 10.1 Å². The first-order valence-electron chi connectivity index (χ1n) is 9.48. The summed E-state index contributed by atoms with van der Waals surface area (Å²) in [5, 5.41) is 4.30. The molecule has 0 aliphatic rings. The van der Waals surface area contributed by atoms with Crippen LogP contribution in [0.5, 0.6) is 17.2 Å². The second-order valence-corrected chi connectivity index (χ2v) is 8.44. The van der Waals surface area contributed by atoms with Crippen LogP contribution in [-0.2, 0) is 6.42 Å². The Morgan fingerprint density at radius 1 is 1.03 bits per heavy atom. The molecule has 0 aliphatic heterocycles. The molecule has 1 N–H and O–H groups in total. The third kappa shape index (κ3) is 5.06. The minimum atomic E-state index is -0.336. The highest BCUT2D eigenvalue weighted by molar-refractivity contribution is 7.16. The number of aromatic nitrogens is 1. The third-order valence-electron chi connectivity index (χ3n) is 4.51. The van der Waals surface area contributed by atoms with E-state index in [1.54, 1.807) is 24.3 Å². The number of carbonyl (C=O) groups excluding carboxylic acids is 1. The smallest absolute Gasteiger partial charge is 0.257 e. The van der Waals surface area contributed by atoms with Crippen molar-refractivity contribution in [2.45, 2.75) is 19.8 Å². The fraction of sp³-hybridized carbons (Fsp3) is 0.273. The minimum Gasteiger partial charge on any atom is -0.493 e. The first-order valence-corrected chi connectivity index (χ1v) is 11.1. The molecule has 0 spiro atoms. The van der Waals surface area contributed by atoms with E-state index < -0.39 is 0 Å². The molecule has 164 valence electrons. The van der Waals surface area contributed by atoms with Gasteiger partial charge in [-0.2, -0.15) is 0 Å². The summed E-state index contributed by atoms with van der Waals surface area (Å²) in [6, 6.07) is 8.58. The van der Waals surface area contributed by atoms with Crippen molar-refractivity contribution in [1.29, 1.82) is 0 Å². The molecule has 6 nitrogen and oxygen atoms in total. The van der Waals surface area contributed by atoms with E-state index in [1.807, 2.05) is 6.07 Å². The third-order valence-corrected chi connectivity index (χ3v) is 6.28. The lowest BCUT2D eigenvalue weighted by atomic mass is 10.1. The Balaban J connectivity index is 1.94. The number of carbonyl (C=O) groups is 1. The van der Waals surface area contributed by atoms with Gasteiger partial charge in [-0.15, -0.1) is 11.3 Å². The number of hydrogen-bond acceptors (Lipinski definition) is 6. The maximum Gasteiger partial charge on any atom is 0.257 e. The number of thiazole rings is 1. The Morgan fingerprint density at radius 2 is 1.71 bits per heavy atom.